The largest absolute Gasteiger partial charge is 0.456 e. The Morgan fingerprint density at radius 2 is 0.827 bits per heavy atom. The molecule has 1 aromatic heterocycles. The van der Waals surface area contributed by atoms with Crippen LogP contribution in [0, 0.1) is 0 Å². The number of anilines is 3. The molecule has 52 heavy (non-hydrogen) atoms. The van der Waals surface area contributed by atoms with Crippen molar-refractivity contribution in [2.45, 2.75) is 0 Å². The Hall–Kier alpha value is -6.90. The number of nitrogens with zero attached hydrogens (tertiary/aromatic N) is 1. The van der Waals surface area contributed by atoms with Crippen molar-refractivity contribution >= 4 is 60.5 Å². The molecule has 0 atom stereocenters. The third-order valence-corrected chi connectivity index (χ3v) is 10.3. The highest BCUT2D eigenvalue weighted by Gasteiger charge is 2.20. The van der Waals surface area contributed by atoms with E-state index < -0.39 is 0 Å². The molecule has 1 heterocycles. The minimum absolute atomic E-state index is 0.873. The fourth-order valence-electron chi connectivity index (χ4n) is 7.78. The van der Waals surface area contributed by atoms with Gasteiger partial charge in [0.25, 0.3) is 0 Å². The van der Waals surface area contributed by atoms with Gasteiger partial charge >= 0.3 is 0 Å². The molecule has 244 valence electrons. The van der Waals surface area contributed by atoms with E-state index in [1.807, 2.05) is 12.1 Å². The van der Waals surface area contributed by atoms with Gasteiger partial charge in [0.2, 0.25) is 0 Å². The van der Waals surface area contributed by atoms with E-state index in [-0.39, 0.29) is 0 Å². The number of benzene rings is 9. The highest BCUT2D eigenvalue weighted by molar-refractivity contribution is 6.13. The Morgan fingerprint density at radius 1 is 0.327 bits per heavy atom. The third kappa shape index (κ3) is 5.12. The summed E-state index contributed by atoms with van der Waals surface area (Å²) in [5.41, 5.74) is 12.2. The van der Waals surface area contributed by atoms with Crippen molar-refractivity contribution in [2.75, 3.05) is 4.90 Å². The second-order valence-corrected chi connectivity index (χ2v) is 13.3. The van der Waals surface area contributed by atoms with Crippen LogP contribution < -0.4 is 4.90 Å². The Labute approximate surface area is 302 Å². The maximum atomic E-state index is 6.36. The van der Waals surface area contributed by atoms with Crippen molar-refractivity contribution in [3.8, 4) is 33.4 Å². The summed E-state index contributed by atoms with van der Waals surface area (Å²) in [4.78, 5) is 2.35. The highest BCUT2D eigenvalue weighted by atomic mass is 16.3. The maximum absolute atomic E-state index is 6.36. The first kappa shape index (κ1) is 30.0. The molecule has 9 aromatic carbocycles. The minimum Gasteiger partial charge on any atom is -0.456 e. The number of furan rings is 1. The van der Waals surface area contributed by atoms with Crippen molar-refractivity contribution < 1.29 is 4.42 Å². The fraction of sp³-hybridized carbons (Fsp3) is 0. The molecule has 0 N–H and O–H groups in total. The molecule has 0 radical (unpaired) electrons. The van der Waals surface area contributed by atoms with Crippen LogP contribution in [0.4, 0.5) is 17.1 Å². The lowest BCUT2D eigenvalue weighted by Crippen LogP contribution is -2.10. The van der Waals surface area contributed by atoms with Gasteiger partial charge in [-0.05, 0) is 103 Å². The standard InChI is InChI=1S/C50H33NO/c1-3-17-42-35(11-1)13-8-20-44(42)37-27-31-41(32-28-37)51(47-22-10-24-49-50(47)46-19-5-6-23-48(46)52-49)40-29-25-34(26-30-40)38-15-7-16-39(33-38)45-21-9-14-36-12-2-4-18-43(36)45/h1-33H. The molecule has 2 nitrogen and oxygen atoms in total. The zero-order chi connectivity index (χ0) is 34.4. The average Bonchev–Trinajstić information content (AvgIpc) is 3.61. The number of hydrogen-bond donors (Lipinski definition) is 0. The van der Waals surface area contributed by atoms with Gasteiger partial charge in [0.05, 0.1) is 11.1 Å². The van der Waals surface area contributed by atoms with Crippen LogP contribution in [0.15, 0.2) is 205 Å². The summed E-state index contributed by atoms with van der Waals surface area (Å²) < 4.78 is 6.36. The van der Waals surface area contributed by atoms with Gasteiger partial charge < -0.3 is 9.32 Å². The van der Waals surface area contributed by atoms with Crippen LogP contribution >= 0.6 is 0 Å². The normalized spacial score (nSPS) is 11.5. The quantitative estimate of drug-likeness (QED) is 0.176. The van der Waals surface area contributed by atoms with E-state index in [4.69, 9.17) is 4.42 Å². The summed E-state index contributed by atoms with van der Waals surface area (Å²) >= 11 is 0. The van der Waals surface area contributed by atoms with E-state index >= 15 is 0 Å². The lowest BCUT2D eigenvalue weighted by Gasteiger charge is -2.26. The summed E-state index contributed by atoms with van der Waals surface area (Å²) in [6, 6.07) is 71.7. The van der Waals surface area contributed by atoms with Gasteiger partial charge in [0.1, 0.15) is 11.2 Å². The van der Waals surface area contributed by atoms with Crippen LogP contribution in [0.2, 0.25) is 0 Å². The third-order valence-electron chi connectivity index (χ3n) is 10.3. The molecule has 0 fully saturated rings. The van der Waals surface area contributed by atoms with Crippen LogP contribution in [-0.4, -0.2) is 0 Å². The predicted octanol–water partition coefficient (Wildman–Crippen LogP) is 14.4. The molecule has 0 unspecified atom stereocenters. The van der Waals surface area contributed by atoms with Crippen molar-refractivity contribution in [2.24, 2.45) is 0 Å². The lowest BCUT2D eigenvalue weighted by atomic mass is 9.95. The Bertz CT molecular complexity index is 2890. The highest BCUT2D eigenvalue weighted by Crippen LogP contribution is 2.44. The van der Waals surface area contributed by atoms with Crippen LogP contribution in [-0.2, 0) is 0 Å². The summed E-state index contributed by atoms with van der Waals surface area (Å²) in [6.07, 6.45) is 0. The van der Waals surface area contributed by atoms with Crippen molar-refractivity contribution in [1.29, 1.82) is 0 Å². The Balaban J connectivity index is 1.08. The molecule has 0 bridgehead atoms. The Kier molecular flexibility index (Phi) is 7.18. The molecule has 2 heteroatoms. The zero-order valence-electron chi connectivity index (χ0n) is 28.4. The monoisotopic (exact) mass is 663 g/mol. The van der Waals surface area contributed by atoms with Gasteiger partial charge in [-0.3, -0.25) is 0 Å². The maximum Gasteiger partial charge on any atom is 0.137 e. The van der Waals surface area contributed by atoms with Crippen LogP contribution in [0.5, 0.6) is 0 Å². The van der Waals surface area contributed by atoms with E-state index in [1.165, 1.54) is 54.9 Å². The molecule has 0 aliphatic carbocycles. The molecule has 10 rings (SSSR count). The second kappa shape index (κ2) is 12.5. The number of para-hydroxylation sites is 1. The van der Waals surface area contributed by atoms with Crippen molar-refractivity contribution in [1.82, 2.24) is 0 Å². The molecule has 0 saturated carbocycles. The van der Waals surface area contributed by atoms with Gasteiger partial charge in [0, 0.05) is 16.8 Å². The van der Waals surface area contributed by atoms with Gasteiger partial charge in [-0.25, -0.2) is 0 Å². The molecular weight excluding hydrogens is 631 g/mol. The van der Waals surface area contributed by atoms with E-state index in [1.54, 1.807) is 0 Å². The molecule has 10 aromatic rings. The number of rotatable bonds is 6. The molecule has 0 aliphatic rings. The SMILES string of the molecule is c1cc(-c2ccc(N(c3ccc(-c4cccc5ccccc45)cc3)c3cccc4oc5ccccc5c34)cc2)cc(-c2cccc3ccccc23)c1. The van der Waals surface area contributed by atoms with Gasteiger partial charge in [-0.2, -0.15) is 0 Å². The van der Waals surface area contributed by atoms with Gasteiger partial charge in [-0.15, -0.1) is 0 Å². The smallest absolute Gasteiger partial charge is 0.137 e. The first-order valence-corrected chi connectivity index (χ1v) is 17.8. The van der Waals surface area contributed by atoms with Gasteiger partial charge in [-0.1, -0.05) is 152 Å². The van der Waals surface area contributed by atoms with E-state index in [2.05, 4.69) is 193 Å². The minimum atomic E-state index is 0.873. The molecule has 0 saturated heterocycles. The predicted molar refractivity (Wildman–Crippen MR) is 220 cm³/mol. The average molecular weight is 664 g/mol. The van der Waals surface area contributed by atoms with E-state index in [9.17, 15) is 0 Å². The van der Waals surface area contributed by atoms with E-state index in [0.29, 0.717) is 0 Å². The topological polar surface area (TPSA) is 16.4 Å². The van der Waals surface area contributed by atoms with E-state index in [0.717, 1.165) is 39.0 Å². The molecule has 0 aliphatic heterocycles. The van der Waals surface area contributed by atoms with Crippen molar-refractivity contribution in [3.05, 3.63) is 200 Å². The fourth-order valence-corrected chi connectivity index (χ4v) is 7.78. The van der Waals surface area contributed by atoms with Crippen LogP contribution in [0.25, 0.3) is 76.9 Å². The summed E-state index contributed by atoms with van der Waals surface area (Å²) in [5.74, 6) is 0. The summed E-state index contributed by atoms with van der Waals surface area (Å²) in [5, 5.41) is 7.22. The molecule has 0 amide bonds. The van der Waals surface area contributed by atoms with Crippen molar-refractivity contribution in [3.63, 3.8) is 0 Å². The summed E-state index contributed by atoms with van der Waals surface area (Å²) in [6.45, 7) is 0. The molecule has 0 spiro atoms. The first-order valence-electron chi connectivity index (χ1n) is 17.8. The number of hydrogen-bond acceptors (Lipinski definition) is 2. The summed E-state index contributed by atoms with van der Waals surface area (Å²) in [7, 11) is 0. The zero-order valence-corrected chi connectivity index (χ0v) is 28.4. The first-order chi connectivity index (χ1) is 25.8. The van der Waals surface area contributed by atoms with Crippen LogP contribution in [0.3, 0.4) is 0 Å². The molecular formula is C50H33NO. The lowest BCUT2D eigenvalue weighted by molar-refractivity contribution is 0.669. The van der Waals surface area contributed by atoms with Gasteiger partial charge in [0.15, 0.2) is 0 Å². The number of fused-ring (bicyclic) bond motifs is 5. The second-order valence-electron chi connectivity index (χ2n) is 13.3. The Morgan fingerprint density at radius 3 is 1.52 bits per heavy atom. The van der Waals surface area contributed by atoms with Crippen LogP contribution in [0.1, 0.15) is 0 Å².